The summed E-state index contributed by atoms with van der Waals surface area (Å²) in [6, 6.07) is 0.148. The molecule has 5 nitrogen and oxygen atoms in total. The summed E-state index contributed by atoms with van der Waals surface area (Å²) in [4.78, 5) is 27.4. The van der Waals surface area contributed by atoms with E-state index in [2.05, 4.69) is 35.1 Å². The van der Waals surface area contributed by atoms with Crippen molar-refractivity contribution in [2.45, 2.75) is 103 Å². The van der Waals surface area contributed by atoms with Crippen molar-refractivity contribution in [1.29, 1.82) is 0 Å². The van der Waals surface area contributed by atoms with E-state index in [-0.39, 0.29) is 6.04 Å². The molecular formula is C24H56N2O3Si+2. The molecule has 0 radical (unpaired) electrons. The summed E-state index contributed by atoms with van der Waals surface area (Å²) >= 11 is 0. The Hall–Kier alpha value is 0.0169. The molecule has 0 amide bonds. The Balaban J connectivity index is 3.64. The van der Waals surface area contributed by atoms with Gasteiger partial charge in [0, 0.05) is 18.9 Å². The predicted molar refractivity (Wildman–Crippen MR) is 131 cm³/mol. The van der Waals surface area contributed by atoms with Crippen molar-refractivity contribution < 1.29 is 23.4 Å². The molecule has 0 unspecified atom stereocenters. The van der Waals surface area contributed by atoms with Gasteiger partial charge in [0.1, 0.15) is 0 Å². The summed E-state index contributed by atoms with van der Waals surface area (Å²) in [5.74, 6) is 0. The summed E-state index contributed by atoms with van der Waals surface area (Å²) in [5, 5.41) is 0. The van der Waals surface area contributed by atoms with Crippen LogP contribution in [-0.2, 0) is 0 Å². The molecule has 0 aliphatic carbocycles. The van der Waals surface area contributed by atoms with E-state index >= 15 is 0 Å². The molecule has 0 heterocycles. The van der Waals surface area contributed by atoms with Gasteiger partial charge in [-0.3, -0.25) is 0 Å². The van der Waals surface area contributed by atoms with Crippen molar-refractivity contribution in [2.24, 2.45) is 0 Å². The Morgan fingerprint density at radius 2 is 0.800 bits per heavy atom. The van der Waals surface area contributed by atoms with Gasteiger partial charge < -0.3 is 23.4 Å². The standard InChI is InChI=1S/C24H56N2O3Si/c1-6-7-8-9-10-11-12-13-14-15-16-17-20-25(2,3)21-18-22-26(4,5)23-19-24-30(27,28)29/h27-29H,6-24H2,1-5H3/q+2. The van der Waals surface area contributed by atoms with E-state index in [9.17, 15) is 0 Å². The molecule has 0 aromatic carbocycles. The average molecular weight is 449 g/mol. The summed E-state index contributed by atoms with van der Waals surface area (Å²) < 4.78 is 1.97. The van der Waals surface area contributed by atoms with Crippen LogP contribution in [0.1, 0.15) is 96.8 Å². The highest BCUT2D eigenvalue weighted by Crippen LogP contribution is 2.14. The van der Waals surface area contributed by atoms with E-state index in [4.69, 9.17) is 14.4 Å². The minimum atomic E-state index is -3.87. The molecule has 0 fully saturated rings. The van der Waals surface area contributed by atoms with Crippen molar-refractivity contribution in [3.8, 4) is 0 Å². The van der Waals surface area contributed by atoms with Gasteiger partial charge in [0.15, 0.2) is 0 Å². The first-order chi connectivity index (χ1) is 14.0. The molecule has 0 aliphatic rings. The maximum atomic E-state index is 9.15. The molecular weight excluding hydrogens is 392 g/mol. The van der Waals surface area contributed by atoms with Crippen LogP contribution < -0.4 is 0 Å². The lowest BCUT2D eigenvalue weighted by atomic mass is 10.1. The Bertz CT molecular complexity index is 398. The third-order valence-corrected chi connectivity index (χ3v) is 7.44. The van der Waals surface area contributed by atoms with Crippen LogP contribution >= 0.6 is 0 Å². The molecule has 0 bridgehead atoms. The first kappa shape index (κ1) is 30.0. The quantitative estimate of drug-likeness (QED) is 0.137. The fourth-order valence-corrected chi connectivity index (χ4v) is 4.91. The van der Waals surface area contributed by atoms with Crippen LogP contribution in [0.2, 0.25) is 6.04 Å². The molecule has 182 valence electrons. The second-order valence-electron chi connectivity index (χ2n) is 10.9. The number of rotatable bonds is 21. The molecule has 0 atom stereocenters. The molecule has 0 saturated carbocycles. The second-order valence-corrected chi connectivity index (χ2v) is 12.9. The van der Waals surface area contributed by atoms with E-state index in [1.807, 2.05) is 0 Å². The number of quaternary nitrogens is 2. The molecule has 6 heteroatoms. The third-order valence-electron chi connectivity index (χ3n) is 6.42. The number of hydrogen-bond acceptors (Lipinski definition) is 3. The van der Waals surface area contributed by atoms with Crippen LogP contribution in [0.3, 0.4) is 0 Å². The van der Waals surface area contributed by atoms with Gasteiger partial charge in [-0.1, -0.05) is 71.1 Å². The fraction of sp³-hybridized carbons (Fsp3) is 1.00. The van der Waals surface area contributed by atoms with Gasteiger partial charge in [-0.05, 0) is 12.8 Å². The van der Waals surface area contributed by atoms with Crippen LogP contribution in [0.15, 0.2) is 0 Å². The van der Waals surface area contributed by atoms with Gasteiger partial charge in [0.25, 0.3) is 0 Å². The lowest BCUT2D eigenvalue weighted by Gasteiger charge is -2.34. The van der Waals surface area contributed by atoms with Gasteiger partial charge in [0.05, 0.1) is 54.4 Å². The van der Waals surface area contributed by atoms with Crippen LogP contribution in [0, 0.1) is 0 Å². The van der Waals surface area contributed by atoms with Crippen molar-refractivity contribution in [3.63, 3.8) is 0 Å². The van der Waals surface area contributed by atoms with E-state index in [1.165, 1.54) is 96.6 Å². The maximum absolute atomic E-state index is 9.15. The molecule has 3 N–H and O–H groups in total. The van der Waals surface area contributed by atoms with Gasteiger partial charge in [0.2, 0.25) is 0 Å². The van der Waals surface area contributed by atoms with Crippen molar-refractivity contribution in [3.05, 3.63) is 0 Å². The van der Waals surface area contributed by atoms with Crippen LogP contribution in [0.25, 0.3) is 0 Å². The predicted octanol–water partition coefficient (Wildman–Crippen LogP) is 4.54. The first-order valence-corrected chi connectivity index (χ1v) is 14.8. The monoisotopic (exact) mass is 448 g/mol. The zero-order valence-electron chi connectivity index (χ0n) is 21.2. The molecule has 0 aromatic rings. The first-order valence-electron chi connectivity index (χ1n) is 12.8. The maximum Gasteiger partial charge on any atom is 0.492 e. The van der Waals surface area contributed by atoms with E-state index in [0.717, 1.165) is 22.1 Å². The second kappa shape index (κ2) is 16.6. The highest BCUT2D eigenvalue weighted by Gasteiger charge is 2.28. The Morgan fingerprint density at radius 3 is 1.20 bits per heavy atom. The number of unbranched alkanes of at least 4 members (excludes halogenated alkanes) is 11. The summed E-state index contributed by atoms with van der Waals surface area (Å²) in [7, 11) is 5.22. The minimum absolute atomic E-state index is 0.148. The Kier molecular flexibility index (Phi) is 16.6. The van der Waals surface area contributed by atoms with E-state index in [0.29, 0.717) is 6.42 Å². The summed E-state index contributed by atoms with van der Waals surface area (Å²) in [6.07, 6.45) is 18.7. The number of nitrogens with zero attached hydrogens (tertiary/aromatic N) is 2. The third kappa shape index (κ3) is 21.3. The zero-order chi connectivity index (χ0) is 22.9. The molecule has 0 rings (SSSR count). The normalized spacial score (nSPS) is 13.2. The van der Waals surface area contributed by atoms with Gasteiger partial charge >= 0.3 is 8.80 Å². The fourth-order valence-electron chi connectivity index (χ4n) is 4.28. The Labute approximate surface area is 189 Å². The lowest BCUT2D eigenvalue weighted by Crippen LogP contribution is -2.46. The average Bonchev–Trinajstić information content (AvgIpc) is 2.61. The zero-order valence-corrected chi connectivity index (χ0v) is 22.2. The van der Waals surface area contributed by atoms with Crippen LogP contribution in [0.5, 0.6) is 0 Å². The van der Waals surface area contributed by atoms with Gasteiger partial charge in [-0.2, -0.15) is 0 Å². The topological polar surface area (TPSA) is 60.7 Å². The molecule has 0 aromatic heterocycles. The molecule has 0 spiro atoms. The number of hydrogen-bond donors (Lipinski definition) is 3. The molecule has 0 aliphatic heterocycles. The van der Waals surface area contributed by atoms with Crippen LogP contribution in [-0.4, -0.2) is 86.5 Å². The van der Waals surface area contributed by atoms with Gasteiger partial charge in [-0.15, -0.1) is 0 Å². The molecule has 0 saturated heterocycles. The smallest absolute Gasteiger partial charge is 0.390 e. The SMILES string of the molecule is CCCCCCCCCCCCCC[N+](C)(C)CCC[N+](C)(C)CCC[Si](O)(O)O. The largest absolute Gasteiger partial charge is 0.492 e. The minimum Gasteiger partial charge on any atom is -0.390 e. The molecule has 30 heavy (non-hydrogen) atoms. The Morgan fingerprint density at radius 1 is 0.467 bits per heavy atom. The lowest BCUT2D eigenvalue weighted by molar-refractivity contribution is -0.909. The van der Waals surface area contributed by atoms with Crippen molar-refractivity contribution in [2.75, 3.05) is 54.4 Å². The van der Waals surface area contributed by atoms with Crippen LogP contribution in [0.4, 0.5) is 0 Å². The summed E-state index contributed by atoms with van der Waals surface area (Å²) in [5.41, 5.74) is 0. The van der Waals surface area contributed by atoms with Crippen molar-refractivity contribution in [1.82, 2.24) is 0 Å². The summed E-state index contributed by atoms with van der Waals surface area (Å²) in [6.45, 7) is 6.71. The highest BCUT2D eigenvalue weighted by atomic mass is 28.4. The van der Waals surface area contributed by atoms with Gasteiger partial charge in [-0.25, -0.2) is 0 Å². The van der Waals surface area contributed by atoms with Crippen molar-refractivity contribution >= 4 is 8.80 Å². The van der Waals surface area contributed by atoms with E-state index < -0.39 is 8.80 Å². The highest BCUT2D eigenvalue weighted by molar-refractivity contribution is 6.56. The van der Waals surface area contributed by atoms with E-state index in [1.54, 1.807) is 0 Å².